The van der Waals surface area contributed by atoms with E-state index in [2.05, 4.69) is 0 Å². The molecule has 70 valence electrons. The molecule has 0 N–H and O–H groups in total. The number of benzene rings is 1. The molecule has 0 unspecified atom stereocenters. The number of rotatable bonds is 2. The third-order valence-electron chi connectivity index (χ3n) is 1.76. The highest BCUT2D eigenvalue weighted by Crippen LogP contribution is 2.22. The van der Waals surface area contributed by atoms with Gasteiger partial charge in [-0.3, -0.25) is 0 Å². The average molecular weight is 216 g/mol. The first kappa shape index (κ1) is 10.4. The van der Waals surface area contributed by atoms with Crippen LogP contribution in [0.2, 0.25) is 0 Å². The van der Waals surface area contributed by atoms with Crippen LogP contribution in [-0.4, -0.2) is 14.1 Å². The van der Waals surface area contributed by atoms with Crippen molar-refractivity contribution in [3.63, 3.8) is 0 Å². The van der Waals surface area contributed by atoms with Gasteiger partial charge in [0.05, 0.1) is 5.03 Å². The van der Waals surface area contributed by atoms with E-state index in [4.69, 9.17) is 23.2 Å². The standard InChI is InChI=1S/C10H11Cl2N/c1-13(2)9-5-3-8(4-6-9)10(12)7-11/h3-7H,1-2H3. The van der Waals surface area contributed by atoms with Crippen LogP contribution in [0, 0.1) is 0 Å². The average Bonchev–Trinajstić information content (AvgIpc) is 2.17. The van der Waals surface area contributed by atoms with Gasteiger partial charge in [0, 0.05) is 25.3 Å². The first-order valence-electron chi connectivity index (χ1n) is 3.89. The smallest absolute Gasteiger partial charge is 0.0591 e. The van der Waals surface area contributed by atoms with Gasteiger partial charge in [-0.1, -0.05) is 35.3 Å². The molecule has 1 nitrogen and oxygen atoms in total. The Balaban J connectivity index is 2.94. The monoisotopic (exact) mass is 215 g/mol. The summed E-state index contributed by atoms with van der Waals surface area (Å²) in [5.74, 6) is 0. The fourth-order valence-corrected chi connectivity index (χ4v) is 1.23. The number of hydrogen-bond acceptors (Lipinski definition) is 1. The second kappa shape index (κ2) is 4.54. The first-order valence-corrected chi connectivity index (χ1v) is 4.70. The van der Waals surface area contributed by atoms with Gasteiger partial charge in [-0.2, -0.15) is 0 Å². The Morgan fingerprint density at radius 1 is 1.23 bits per heavy atom. The van der Waals surface area contributed by atoms with Crippen LogP contribution >= 0.6 is 23.2 Å². The molecule has 0 fully saturated rings. The van der Waals surface area contributed by atoms with E-state index in [0.29, 0.717) is 5.03 Å². The van der Waals surface area contributed by atoms with Gasteiger partial charge in [0.25, 0.3) is 0 Å². The minimum absolute atomic E-state index is 0.562. The summed E-state index contributed by atoms with van der Waals surface area (Å²) in [7, 11) is 3.99. The van der Waals surface area contributed by atoms with Gasteiger partial charge in [0.2, 0.25) is 0 Å². The molecule has 0 heterocycles. The van der Waals surface area contributed by atoms with Crippen LogP contribution < -0.4 is 4.90 Å². The van der Waals surface area contributed by atoms with Crippen LogP contribution in [0.4, 0.5) is 5.69 Å². The predicted octanol–water partition coefficient (Wildman–Crippen LogP) is 3.53. The van der Waals surface area contributed by atoms with E-state index in [1.165, 1.54) is 5.54 Å². The lowest BCUT2D eigenvalue weighted by atomic mass is 10.2. The van der Waals surface area contributed by atoms with Crippen LogP contribution in [0.15, 0.2) is 29.8 Å². The molecule has 1 rings (SSSR count). The van der Waals surface area contributed by atoms with Gasteiger partial charge >= 0.3 is 0 Å². The molecule has 0 aliphatic carbocycles. The number of nitrogens with zero attached hydrogens (tertiary/aromatic N) is 1. The Morgan fingerprint density at radius 3 is 2.15 bits per heavy atom. The Kier molecular flexibility index (Phi) is 3.64. The quantitative estimate of drug-likeness (QED) is 0.730. The molecule has 0 radical (unpaired) electrons. The van der Waals surface area contributed by atoms with Gasteiger partial charge in [-0.15, -0.1) is 0 Å². The van der Waals surface area contributed by atoms with E-state index in [-0.39, 0.29) is 0 Å². The largest absolute Gasteiger partial charge is 0.378 e. The number of hydrogen-bond donors (Lipinski definition) is 0. The second-order valence-electron chi connectivity index (χ2n) is 2.90. The van der Waals surface area contributed by atoms with Gasteiger partial charge in [0.15, 0.2) is 0 Å². The molecular weight excluding hydrogens is 205 g/mol. The van der Waals surface area contributed by atoms with E-state index >= 15 is 0 Å². The maximum atomic E-state index is 5.84. The minimum Gasteiger partial charge on any atom is -0.378 e. The molecule has 0 spiro atoms. The van der Waals surface area contributed by atoms with E-state index < -0.39 is 0 Å². The minimum atomic E-state index is 0.562. The summed E-state index contributed by atoms with van der Waals surface area (Å²) in [6, 6.07) is 7.88. The highest BCUT2D eigenvalue weighted by molar-refractivity contribution is 6.52. The molecule has 0 amide bonds. The molecule has 0 atom stereocenters. The van der Waals surface area contributed by atoms with E-state index in [1.807, 2.05) is 43.3 Å². The fraction of sp³-hybridized carbons (Fsp3) is 0.200. The summed E-state index contributed by atoms with van der Waals surface area (Å²) in [5.41, 5.74) is 3.44. The van der Waals surface area contributed by atoms with Crippen molar-refractivity contribution in [1.29, 1.82) is 0 Å². The molecule has 1 aromatic rings. The van der Waals surface area contributed by atoms with Crippen molar-refractivity contribution in [3.05, 3.63) is 35.4 Å². The van der Waals surface area contributed by atoms with Gasteiger partial charge in [-0.25, -0.2) is 0 Å². The van der Waals surface area contributed by atoms with Crippen molar-refractivity contribution in [3.8, 4) is 0 Å². The zero-order valence-corrected chi connectivity index (χ0v) is 9.10. The van der Waals surface area contributed by atoms with Crippen molar-refractivity contribution in [2.75, 3.05) is 19.0 Å². The molecule has 0 aliphatic heterocycles. The molecule has 1 aromatic carbocycles. The van der Waals surface area contributed by atoms with Crippen LogP contribution in [0.1, 0.15) is 5.56 Å². The summed E-state index contributed by atoms with van der Waals surface area (Å²) in [6.45, 7) is 0. The van der Waals surface area contributed by atoms with Crippen molar-refractivity contribution < 1.29 is 0 Å². The lowest BCUT2D eigenvalue weighted by Gasteiger charge is -2.12. The van der Waals surface area contributed by atoms with Crippen LogP contribution in [-0.2, 0) is 0 Å². The zero-order valence-electron chi connectivity index (χ0n) is 7.59. The number of halogens is 2. The van der Waals surface area contributed by atoms with Gasteiger partial charge < -0.3 is 4.90 Å². The van der Waals surface area contributed by atoms with Crippen molar-refractivity contribution >= 4 is 33.9 Å². The van der Waals surface area contributed by atoms with E-state index in [1.54, 1.807) is 0 Å². The topological polar surface area (TPSA) is 3.24 Å². The highest BCUT2D eigenvalue weighted by Gasteiger charge is 1.98. The molecule has 3 heteroatoms. The molecular formula is C10H11Cl2N. The van der Waals surface area contributed by atoms with Crippen molar-refractivity contribution in [2.24, 2.45) is 0 Å². The molecule has 0 saturated heterocycles. The Hall–Kier alpha value is -0.660. The zero-order chi connectivity index (χ0) is 9.84. The summed E-state index contributed by atoms with van der Waals surface area (Å²) < 4.78 is 0. The maximum Gasteiger partial charge on any atom is 0.0591 e. The summed E-state index contributed by atoms with van der Waals surface area (Å²) >= 11 is 11.3. The van der Waals surface area contributed by atoms with Crippen LogP contribution in [0.3, 0.4) is 0 Å². The van der Waals surface area contributed by atoms with Gasteiger partial charge in [-0.05, 0) is 17.7 Å². The normalized spacial score (nSPS) is 11.5. The predicted molar refractivity (Wildman–Crippen MR) is 60.5 cm³/mol. The summed E-state index contributed by atoms with van der Waals surface area (Å²) in [4.78, 5) is 2.03. The fourth-order valence-electron chi connectivity index (χ4n) is 0.982. The molecule has 0 bridgehead atoms. The SMILES string of the molecule is CN(C)c1ccc(C(Cl)=CCl)cc1. The molecule has 0 saturated carbocycles. The molecule has 0 aliphatic rings. The highest BCUT2D eigenvalue weighted by atomic mass is 35.5. The molecule has 13 heavy (non-hydrogen) atoms. The van der Waals surface area contributed by atoms with Crippen molar-refractivity contribution in [2.45, 2.75) is 0 Å². The summed E-state index contributed by atoms with van der Waals surface area (Å²) in [6.07, 6.45) is 0. The lowest BCUT2D eigenvalue weighted by Crippen LogP contribution is -2.07. The van der Waals surface area contributed by atoms with E-state index in [0.717, 1.165) is 11.3 Å². The first-order chi connectivity index (χ1) is 6.15. The third kappa shape index (κ3) is 2.64. The summed E-state index contributed by atoms with van der Waals surface area (Å²) in [5, 5.41) is 0.562. The second-order valence-corrected chi connectivity index (χ2v) is 3.52. The van der Waals surface area contributed by atoms with Crippen LogP contribution in [0.5, 0.6) is 0 Å². The Bertz CT molecular complexity index is 301. The van der Waals surface area contributed by atoms with E-state index in [9.17, 15) is 0 Å². The number of anilines is 1. The Labute approximate surface area is 88.6 Å². The maximum absolute atomic E-state index is 5.84. The lowest BCUT2D eigenvalue weighted by molar-refractivity contribution is 1.13. The molecule has 0 aromatic heterocycles. The van der Waals surface area contributed by atoms with Crippen LogP contribution in [0.25, 0.3) is 5.03 Å². The third-order valence-corrected chi connectivity index (χ3v) is 2.41. The Morgan fingerprint density at radius 2 is 1.77 bits per heavy atom. The van der Waals surface area contributed by atoms with Crippen molar-refractivity contribution in [1.82, 2.24) is 0 Å². The van der Waals surface area contributed by atoms with Gasteiger partial charge in [0.1, 0.15) is 0 Å².